The van der Waals surface area contributed by atoms with Gasteiger partial charge in [-0.2, -0.15) is 0 Å². The third kappa shape index (κ3) is 4.12. The Morgan fingerprint density at radius 1 is 1.00 bits per heavy atom. The number of hydrogen-bond acceptors (Lipinski definition) is 3. The number of nitrogens with two attached hydrogens (primary N) is 1. The van der Waals surface area contributed by atoms with Crippen molar-refractivity contribution in [3.05, 3.63) is 59.7 Å². The van der Waals surface area contributed by atoms with Gasteiger partial charge in [-0.3, -0.25) is 4.79 Å². The molecule has 0 unspecified atom stereocenters. The second-order valence-electron chi connectivity index (χ2n) is 4.81. The van der Waals surface area contributed by atoms with Crippen LogP contribution in [-0.2, 0) is 17.6 Å². The molecule has 0 amide bonds. The number of carbonyl (C=O) groups is 1. The van der Waals surface area contributed by atoms with Crippen molar-refractivity contribution >= 4 is 11.5 Å². The molecule has 0 aliphatic rings. The van der Waals surface area contributed by atoms with Crippen LogP contribution in [0.15, 0.2) is 48.5 Å². The number of aryl methyl sites for hydroxylation is 1. The number of methoxy groups -OCH3 is 1. The summed E-state index contributed by atoms with van der Waals surface area (Å²) in [5.74, 6) is 1.08. The van der Waals surface area contributed by atoms with Crippen molar-refractivity contribution in [3.63, 3.8) is 0 Å². The highest BCUT2D eigenvalue weighted by atomic mass is 16.5. The van der Waals surface area contributed by atoms with Gasteiger partial charge in [0.25, 0.3) is 0 Å². The first kappa shape index (κ1) is 14.1. The number of ketones is 1. The van der Waals surface area contributed by atoms with E-state index < -0.39 is 0 Å². The maximum absolute atomic E-state index is 11.9. The minimum Gasteiger partial charge on any atom is -0.497 e. The number of nitrogen functional groups attached to an aromatic ring is 1. The van der Waals surface area contributed by atoms with Crippen LogP contribution in [0.5, 0.6) is 5.75 Å². The number of hydrogen-bond donors (Lipinski definition) is 1. The van der Waals surface area contributed by atoms with Crippen LogP contribution in [0.2, 0.25) is 0 Å². The number of benzene rings is 2. The van der Waals surface area contributed by atoms with Crippen molar-refractivity contribution in [3.8, 4) is 5.75 Å². The molecule has 0 aromatic heterocycles. The third-order valence-corrected chi connectivity index (χ3v) is 3.23. The smallest absolute Gasteiger partial charge is 0.137 e. The summed E-state index contributed by atoms with van der Waals surface area (Å²) in [4.78, 5) is 11.9. The molecule has 0 fully saturated rings. The Kier molecular flexibility index (Phi) is 4.77. The predicted molar refractivity (Wildman–Crippen MR) is 80.9 cm³/mol. The van der Waals surface area contributed by atoms with E-state index in [9.17, 15) is 4.79 Å². The van der Waals surface area contributed by atoms with Gasteiger partial charge in [0, 0.05) is 18.5 Å². The van der Waals surface area contributed by atoms with Crippen LogP contribution in [0.3, 0.4) is 0 Å². The summed E-state index contributed by atoms with van der Waals surface area (Å²) >= 11 is 0. The fourth-order valence-corrected chi connectivity index (χ4v) is 2.03. The molecular weight excluding hydrogens is 250 g/mol. The molecule has 104 valence electrons. The van der Waals surface area contributed by atoms with E-state index in [1.54, 1.807) is 7.11 Å². The molecule has 2 N–H and O–H groups in total. The highest BCUT2D eigenvalue weighted by Gasteiger charge is 2.04. The molecule has 3 heteroatoms. The first-order valence-electron chi connectivity index (χ1n) is 6.66. The standard InChI is InChI=1S/C17H19NO2/c1-20-17-10-5-13(6-11-17)4-9-16(19)12-14-2-7-15(18)8-3-14/h2-3,5-8,10-11H,4,9,12,18H2,1H3. The Morgan fingerprint density at radius 3 is 2.20 bits per heavy atom. The van der Waals surface area contributed by atoms with Gasteiger partial charge in [-0.05, 0) is 41.8 Å². The van der Waals surface area contributed by atoms with Gasteiger partial charge in [0.15, 0.2) is 0 Å². The Bertz CT molecular complexity index is 559. The van der Waals surface area contributed by atoms with Crippen LogP contribution in [-0.4, -0.2) is 12.9 Å². The Hall–Kier alpha value is -2.29. The highest BCUT2D eigenvalue weighted by Crippen LogP contribution is 2.13. The van der Waals surface area contributed by atoms with Crippen molar-refractivity contribution in [2.75, 3.05) is 12.8 Å². The van der Waals surface area contributed by atoms with Gasteiger partial charge in [0.1, 0.15) is 11.5 Å². The number of carbonyl (C=O) groups excluding carboxylic acids is 1. The van der Waals surface area contributed by atoms with E-state index in [0.717, 1.165) is 29.0 Å². The zero-order chi connectivity index (χ0) is 14.4. The largest absolute Gasteiger partial charge is 0.497 e. The lowest BCUT2D eigenvalue weighted by molar-refractivity contribution is -0.118. The summed E-state index contributed by atoms with van der Waals surface area (Å²) in [6, 6.07) is 15.3. The highest BCUT2D eigenvalue weighted by molar-refractivity contribution is 5.81. The number of rotatable bonds is 6. The van der Waals surface area contributed by atoms with E-state index in [-0.39, 0.29) is 5.78 Å². The molecule has 0 aliphatic carbocycles. The van der Waals surface area contributed by atoms with Crippen molar-refractivity contribution in [2.45, 2.75) is 19.3 Å². The van der Waals surface area contributed by atoms with E-state index in [1.165, 1.54) is 0 Å². The fraction of sp³-hybridized carbons (Fsp3) is 0.235. The maximum atomic E-state index is 11.9. The third-order valence-electron chi connectivity index (χ3n) is 3.23. The molecule has 2 aromatic carbocycles. The molecule has 3 nitrogen and oxygen atoms in total. The van der Waals surface area contributed by atoms with Crippen LogP contribution < -0.4 is 10.5 Å². The van der Waals surface area contributed by atoms with Crippen molar-refractivity contribution < 1.29 is 9.53 Å². The Balaban J connectivity index is 1.83. The summed E-state index contributed by atoms with van der Waals surface area (Å²) in [6.07, 6.45) is 1.78. The second kappa shape index (κ2) is 6.75. The number of ether oxygens (including phenoxy) is 1. The van der Waals surface area contributed by atoms with Gasteiger partial charge in [-0.15, -0.1) is 0 Å². The number of Topliss-reactive ketones (excluding diaryl/α,β-unsaturated/α-hetero) is 1. The second-order valence-corrected chi connectivity index (χ2v) is 4.81. The fourth-order valence-electron chi connectivity index (χ4n) is 2.03. The molecule has 20 heavy (non-hydrogen) atoms. The molecule has 0 radical (unpaired) electrons. The van der Waals surface area contributed by atoms with Crippen LogP contribution >= 0.6 is 0 Å². The van der Waals surface area contributed by atoms with E-state index >= 15 is 0 Å². The molecule has 0 bridgehead atoms. The summed E-state index contributed by atoms with van der Waals surface area (Å²) in [5.41, 5.74) is 8.50. The van der Waals surface area contributed by atoms with E-state index in [4.69, 9.17) is 10.5 Å². The minimum atomic E-state index is 0.241. The van der Waals surface area contributed by atoms with Crippen molar-refractivity contribution in [1.29, 1.82) is 0 Å². The SMILES string of the molecule is COc1ccc(CCC(=O)Cc2ccc(N)cc2)cc1. The van der Waals surface area contributed by atoms with Crippen LogP contribution in [0.1, 0.15) is 17.5 Å². The van der Waals surface area contributed by atoms with Crippen LogP contribution in [0, 0.1) is 0 Å². The monoisotopic (exact) mass is 269 g/mol. The molecule has 0 heterocycles. The zero-order valence-electron chi connectivity index (χ0n) is 11.6. The van der Waals surface area contributed by atoms with Crippen LogP contribution in [0.4, 0.5) is 5.69 Å². The molecule has 2 aromatic rings. The summed E-state index contributed by atoms with van der Waals surface area (Å²) < 4.78 is 5.11. The van der Waals surface area contributed by atoms with E-state index in [1.807, 2.05) is 48.5 Å². The Labute approximate surface area is 119 Å². The van der Waals surface area contributed by atoms with E-state index in [2.05, 4.69) is 0 Å². The molecule has 0 atom stereocenters. The van der Waals surface area contributed by atoms with E-state index in [0.29, 0.717) is 12.8 Å². The van der Waals surface area contributed by atoms with Crippen molar-refractivity contribution in [1.82, 2.24) is 0 Å². The van der Waals surface area contributed by atoms with Crippen molar-refractivity contribution in [2.24, 2.45) is 0 Å². The normalized spacial score (nSPS) is 10.2. The summed E-state index contributed by atoms with van der Waals surface area (Å²) in [5, 5.41) is 0. The minimum absolute atomic E-state index is 0.241. The van der Waals surface area contributed by atoms with Gasteiger partial charge in [0.2, 0.25) is 0 Å². The zero-order valence-corrected chi connectivity index (χ0v) is 11.6. The lowest BCUT2D eigenvalue weighted by Crippen LogP contribution is -2.04. The molecule has 0 spiro atoms. The maximum Gasteiger partial charge on any atom is 0.137 e. The quantitative estimate of drug-likeness (QED) is 0.820. The van der Waals surface area contributed by atoms with Gasteiger partial charge >= 0.3 is 0 Å². The molecular formula is C17H19NO2. The molecule has 0 aliphatic heterocycles. The first-order valence-corrected chi connectivity index (χ1v) is 6.66. The van der Waals surface area contributed by atoms with Crippen LogP contribution in [0.25, 0.3) is 0 Å². The lowest BCUT2D eigenvalue weighted by atomic mass is 10.0. The Morgan fingerprint density at radius 2 is 1.60 bits per heavy atom. The molecule has 0 saturated carbocycles. The summed E-state index contributed by atoms with van der Waals surface area (Å²) in [7, 11) is 1.64. The molecule has 2 rings (SSSR count). The van der Waals surface area contributed by atoms with Gasteiger partial charge in [-0.25, -0.2) is 0 Å². The number of anilines is 1. The summed E-state index contributed by atoms with van der Waals surface area (Å²) in [6.45, 7) is 0. The average molecular weight is 269 g/mol. The lowest BCUT2D eigenvalue weighted by Gasteiger charge is -2.04. The topological polar surface area (TPSA) is 52.3 Å². The first-order chi connectivity index (χ1) is 9.67. The van der Waals surface area contributed by atoms with Gasteiger partial charge in [0.05, 0.1) is 7.11 Å². The van der Waals surface area contributed by atoms with Gasteiger partial charge in [-0.1, -0.05) is 24.3 Å². The predicted octanol–water partition coefficient (Wildman–Crippen LogP) is 3.02. The molecule has 0 saturated heterocycles. The average Bonchev–Trinajstić information content (AvgIpc) is 2.48. The van der Waals surface area contributed by atoms with Gasteiger partial charge < -0.3 is 10.5 Å².